The van der Waals surface area contributed by atoms with Gasteiger partial charge >= 0.3 is 0 Å². The summed E-state index contributed by atoms with van der Waals surface area (Å²) in [4.78, 5) is 30.2. The number of pyridine rings is 1. The topological polar surface area (TPSA) is 83.6 Å². The highest BCUT2D eigenvalue weighted by atomic mass is 16.5. The van der Waals surface area contributed by atoms with Gasteiger partial charge in [0.2, 0.25) is 5.91 Å². The number of nitrogens with zero attached hydrogens (tertiary/aromatic N) is 2. The molecule has 2 heterocycles. The summed E-state index contributed by atoms with van der Waals surface area (Å²) >= 11 is 0. The lowest BCUT2D eigenvalue weighted by Crippen LogP contribution is -2.38. The van der Waals surface area contributed by atoms with Crippen LogP contribution in [0.3, 0.4) is 0 Å². The first-order valence-electron chi connectivity index (χ1n) is 9.93. The molecular weight excluding hydrogens is 368 g/mol. The molecule has 0 aliphatic carbocycles. The van der Waals surface area contributed by atoms with E-state index in [-0.39, 0.29) is 25.0 Å². The summed E-state index contributed by atoms with van der Waals surface area (Å²) in [7, 11) is 0. The first-order chi connectivity index (χ1) is 14.0. The Bertz CT molecular complexity index is 801. The second kappa shape index (κ2) is 10.0. The number of rotatable bonds is 7. The number of carbonyl (C=O) groups is 2. The van der Waals surface area contributed by atoms with E-state index in [4.69, 9.17) is 4.74 Å². The SMILES string of the molecule is C[C@H]1C[C@H](C)CN(c2ccc(NC(=O)COCC(=O)Nc3ccccn3)cc2)C1. The molecule has 3 rings (SSSR count). The quantitative estimate of drug-likeness (QED) is 0.751. The Kier molecular flexibility index (Phi) is 7.19. The fourth-order valence-electron chi connectivity index (χ4n) is 3.68. The van der Waals surface area contributed by atoms with Crippen LogP contribution in [0.4, 0.5) is 17.2 Å². The molecule has 1 aliphatic heterocycles. The molecule has 29 heavy (non-hydrogen) atoms. The van der Waals surface area contributed by atoms with E-state index in [2.05, 4.69) is 34.4 Å². The van der Waals surface area contributed by atoms with Gasteiger partial charge in [0.15, 0.2) is 0 Å². The predicted molar refractivity (Wildman–Crippen MR) is 114 cm³/mol. The lowest BCUT2D eigenvalue weighted by molar-refractivity contribution is -0.125. The van der Waals surface area contributed by atoms with Gasteiger partial charge in [-0.25, -0.2) is 4.98 Å². The molecule has 2 aromatic rings. The summed E-state index contributed by atoms with van der Waals surface area (Å²) in [6, 6.07) is 13.1. The largest absolute Gasteiger partial charge is 0.371 e. The molecule has 0 unspecified atom stereocenters. The standard InChI is InChI=1S/C22H28N4O3/c1-16-11-17(2)13-26(12-16)19-8-6-18(7-9-19)24-21(27)14-29-15-22(28)25-20-5-3-4-10-23-20/h3-10,16-17H,11-15H2,1-2H3,(H,24,27)(H,23,25,28)/t16-,17-/m0/s1. The van der Waals surface area contributed by atoms with E-state index in [0.717, 1.165) is 13.1 Å². The molecule has 1 fully saturated rings. The van der Waals surface area contributed by atoms with Crippen molar-refractivity contribution < 1.29 is 14.3 Å². The van der Waals surface area contributed by atoms with Gasteiger partial charge in [-0.15, -0.1) is 0 Å². The molecule has 1 aromatic heterocycles. The van der Waals surface area contributed by atoms with Crippen molar-refractivity contribution in [1.29, 1.82) is 0 Å². The van der Waals surface area contributed by atoms with E-state index in [1.807, 2.05) is 24.3 Å². The lowest BCUT2D eigenvalue weighted by Gasteiger charge is -2.36. The van der Waals surface area contributed by atoms with Crippen molar-refractivity contribution in [3.63, 3.8) is 0 Å². The number of benzene rings is 1. The third kappa shape index (κ3) is 6.57. The molecule has 7 heteroatoms. The van der Waals surface area contributed by atoms with Crippen LogP contribution < -0.4 is 15.5 Å². The van der Waals surface area contributed by atoms with Crippen LogP contribution in [0.1, 0.15) is 20.3 Å². The molecule has 1 aromatic carbocycles. The van der Waals surface area contributed by atoms with Gasteiger partial charge in [-0.1, -0.05) is 19.9 Å². The molecule has 1 saturated heterocycles. The number of ether oxygens (including phenoxy) is 1. The van der Waals surface area contributed by atoms with E-state index in [9.17, 15) is 9.59 Å². The Labute approximate surface area is 171 Å². The number of nitrogens with one attached hydrogen (secondary N) is 2. The van der Waals surface area contributed by atoms with Crippen molar-refractivity contribution in [2.45, 2.75) is 20.3 Å². The van der Waals surface area contributed by atoms with Crippen molar-refractivity contribution in [3.8, 4) is 0 Å². The summed E-state index contributed by atoms with van der Waals surface area (Å²) in [6.45, 7) is 6.28. The molecular formula is C22H28N4O3. The fourth-order valence-corrected chi connectivity index (χ4v) is 3.68. The van der Waals surface area contributed by atoms with Crippen LogP contribution in [-0.2, 0) is 14.3 Å². The summed E-state index contributed by atoms with van der Waals surface area (Å²) in [5.41, 5.74) is 1.88. The van der Waals surface area contributed by atoms with Gasteiger partial charge < -0.3 is 20.3 Å². The van der Waals surface area contributed by atoms with Crippen LogP contribution in [0.5, 0.6) is 0 Å². The Morgan fingerprint density at radius 1 is 1.00 bits per heavy atom. The number of hydrogen-bond donors (Lipinski definition) is 2. The van der Waals surface area contributed by atoms with Crippen LogP contribution in [0.25, 0.3) is 0 Å². The maximum absolute atomic E-state index is 12.0. The van der Waals surface area contributed by atoms with Gasteiger partial charge in [0, 0.05) is 30.7 Å². The van der Waals surface area contributed by atoms with Crippen molar-refractivity contribution in [3.05, 3.63) is 48.7 Å². The minimum Gasteiger partial charge on any atom is -0.371 e. The number of aromatic nitrogens is 1. The van der Waals surface area contributed by atoms with Crippen molar-refractivity contribution in [2.75, 3.05) is 41.8 Å². The summed E-state index contributed by atoms with van der Waals surface area (Å²) in [5.74, 6) is 1.16. The zero-order valence-corrected chi connectivity index (χ0v) is 16.9. The van der Waals surface area contributed by atoms with Gasteiger partial charge in [-0.3, -0.25) is 9.59 Å². The highest BCUT2D eigenvalue weighted by Gasteiger charge is 2.21. The average molecular weight is 396 g/mol. The van der Waals surface area contributed by atoms with Crippen molar-refractivity contribution in [1.82, 2.24) is 4.98 Å². The van der Waals surface area contributed by atoms with Gasteiger partial charge in [0.1, 0.15) is 19.0 Å². The Morgan fingerprint density at radius 3 is 2.28 bits per heavy atom. The highest BCUT2D eigenvalue weighted by molar-refractivity contribution is 5.93. The number of piperidine rings is 1. The molecule has 0 radical (unpaired) electrons. The molecule has 0 spiro atoms. The summed E-state index contributed by atoms with van der Waals surface area (Å²) < 4.78 is 5.18. The Balaban J connectivity index is 1.40. The molecule has 2 amide bonds. The van der Waals surface area contributed by atoms with Crippen LogP contribution in [0.15, 0.2) is 48.7 Å². The second-order valence-electron chi connectivity index (χ2n) is 7.70. The number of anilines is 3. The van der Waals surface area contributed by atoms with E-state index in [0.29, 0.717) is 23.3 Å². The summed E-state index contributed by atoms with van der Waals surface area (Å²) in [6.07, 6.45) is 2.85. The van der Waals surface area contributed by atoms with Crippen LogP contribution in [0.2, 0.25) is 0 Å². The molecule has 2 N–H and O–H groups in total. The smallest absolute Gasteiger partial charge is 0.251 e. The van der Waals surface area contributed by atoms with Crippen molar-refractivity contribution >= 4 is 29.0 Å². The van der Waals surface area contributed by atoms with E-state index >= 15 is 0 Å². The van der Waals surface area contributed by atoms with Gasteiger partial charge in [-0.2, -0.15) is 0 Å². The maximum atomic E-state index is 12.0. The average Bonchev–Trinajstić information content (AvgIpc) is 2.68. The number of amides is 2. The van der Waals surface area contributed by atoms with E-state index in [1.165, 1.54) is 12.1 Å². The lowest BCUT2D eigenvalue weighted by atomic mass is 9.91. The van der Waals surface area contributed by atoms with Gasteiger partial charge in [-0.05, 0) is 54.7 Å². The fraction of sp³-hybridized carbons (Fsp3) is 0.409. The van der Waals surface area contributed by atoms with Gasteiger partial charge in [0.25, 0.3) is 5.91 Å². The van der Waals surface area contributed by atoms with Crippen LogP contribution >= 0.6 is 0 Å². The minimum absolute atomic E-state index is 0.196. The van der Waals surface area contributed by atoms with E-state index < -0.39 is 0 Å². The zero-order valence-electron chi connectivity index (χ0n) is 16.9. The van der Waals surface area contributed by atoms with Gasteiger partial charge in [0.05, 0.1) is 0 Å². The first kappa shape index (κ1) is 20.8. The molecule has 2 atom stereocenters. The highest BCUT2D eigenvalue weighted by Crippen LogP contribution is 2.27. The molecule has 0 saturated carbocycles. The van der Waals surface area contributed by atoms with Crippen LogP contribution in [0, 0.1) is 11.8 Å². The first-order valence-corrected chi connectivity index (χ1v) is 9.93. The zero-order chi connectivity index (χ0) is 20.6. The maximum Gasteiger partial charge on any atom is 0.251 e. The second-order valence-corrected chi connectivity index (χ2v) is 7.70. The minimum atomic E-state index is -0.356. The molecule has 7 nitrogen and oxygen atoms in total. The predicted octanol–water partition coefficient (Wildman–Crippen LogP) is 3.16. The van der Waals surface area contributed by atoms with Crippen LogP contribution in [-0.4, -0.2) is 43.1 Å². The number of carbonyl (C=O) groups excluding carboxylic acids is 2. The Hall–Kier alpha value is -2.93. The monoisotopic (exact) mass is 396 g/mol. The number of hydrogen-bond acceptors (Lipinski definition) is 5. The third-order valence-electron chi connectivity index (χ3n) is 4.78. The molecule has 154 valence electrons. The Morgan fingerprint density at radius 2 is 1.66 bits per heavy atom. The molecule has 1 aliphatic rings. The third-order valence-corrected chi connectivity index (χ3v) is 4.78. The van der Waals surface area contributed by atoms with E-state index in [1.54, 1.807) is 24.4 Å². The normalized spacial score (nSPS) is 18.9. The summed E-state index contributed by atoms with van der Waals surface area (Å²) in [5, 5.41) is 5.38. The molecule has 0 bridgehead atoms. The van der Waals surface area contributed by atoms with Crippen molar-refractivity contribution in [2.24, 2.45) is 11.8 Å².